The minimum Gasteiger partial charge on any atom is -0.339 e. The molecular formula is C22H21N7O. The van der Waals surface area contributed by atoms with Crippen LogP contribution in [0.25, 0.3) is 5.82 Å². The predicted molar refractivity (Wildman–Crippen MR) is 117 cm³/mol. The number of carbonyl (C=O) groups excluding carboxylic acids is 1. The molecule has 30 heavy (non-hydrogen) atoms. The van der Waals surface area contributed by atoms with Crippen molar-refractivity contribution < 1.29 is 4.79 Å². The van der Waals surface area contributed by atoms with Crippen molar-refractivity contribution in [2.45, 2.75) is 13.8 Å². The summed E-state index contributed by atoms with van der Waals surface area (Å²) in [5, 5.41) is 21.3. The highest BCUT2D eigenvalue weighted by atomic mass is 16.2. The Morgan fingerprint density at radius 2 is 1.70 bits per heavy atom. The maximum atomic E-state index is 12.3. The van der Waals surface area contributed by atoms with Crippen molar-refractivity contribution in [3.8, 4) is 5.82 Å². The van der Waals surface area contributed by atoms with E-state index < -0.39 is 0 Å². The van der Waals surface area contributed by atoms with Gasteiger partial charge in [0, 0.05) is 29.5 Å². The molecule has 2 heterocycles. The number of aromatic nitrogens is 4. The zero-order valence-electron chi connectivity index (χ0n) is 16.6. The van der Waals surface area contributed by atoms with Gasteiger partial charge in [-0.05, 0) is 73.5 Å². The summed E-state index contributed by atoms with van der Waals surface area (Å²) in [5.74, 6) is 1.25. The molecule has 4 rings (SSSR count). The zero-order valence-corrected chi connectivity index (χ0v) is 16.6. The minimum absolute atomic E-state index is 0.288. The molecule has 0 aliphatic carbocycles. The molecule has 0 fully saturated rings. The van der Waals surface area contributed by atoms with Crippen LogP contribution in [-0.2, 0) is 0 Å². The van der Waals surface area contributed by atoms with Crippen LogP contribution in [0.15, 0.2) is 73.1 Å². The largest absolute Gasteiger partial charge is 0.339 e. The topological polar surface area (TPSA) is 96.8 Å². The van der Waals surface area contributed by atoms with Crippen molar-refractivity contribution in [1.82, 2.24) is 20.0 Å². The van der Waals surface area contributed by atoms with Crippen LogP contribution in [-0.4, -0.2) is 26.0 Å². The van der Waals surface area contributed by atoms with Crippen molar-refractivity contribution in [2.75, 3.05) is 16.0 Å². The molecule has 0 radical (unpaired) electrons. The van der Waals surface area contributed by atoms with E-state index in [0.717, 1.165) is 22.5 Å². The van der Waals surface area contributed by atoms with Gasteiger partial charge in [-0.25, -0.2) is 9.48 Å². The van der Waals surface area contributed by atoms with Gasteiger partial charge in [-0.15, -0.1) is 10.2 Å². The molecule has 0 atom stereocenters. The van der Waals surface area contributed by atoms with Crippen LogP contribution in [0, 0.1) is 13.8 Å². The quantitative estimate of drug-likeness (QED) is 0.453. The Morgan fingerprint density at radius 3 is 2.40 bits per heavy atom. The monoisotopic (exact) mass is 399 g/mol. The number of carbonyl (C=O) groups is 1. The van der Waals surface area contributed by atoms with Crippen LogP contribution in [0.5, 0.6) is 0 Å². The number of rotatable bonds is 5. The van der Waals surface area contributed by atoms with E-state index in [1.165, 1.54) is 0 Å². The molecule has 0 aliphatic rings. The number of aryl methyl sites for hydroxylation is 2. The maximum Gasteiger partial charge on any atom is 0.323 e. The summed E-state index contributed by atoms with van der Waals surface area (Å²) in [6.45, 7) is 3.95. The normalized spacial score (nSPS) is 10.5. The molecule has 150 valence electrons. The third-order valence-corrected chi connectivity index (χ3v) is 4.45. The third-order valence-electron chi connectivity index (χ3n) is 4.45. The number of nitrogens with zero attached hydrogens (tertiary/aromatic N) is 4. The standard InChI is InChI=1S/C22H21N7O/c1-15-4-5-16(2)19(14-15)26-22(30)25-18-8-6-17(7-9-18)24-20-10-11-21(28-27-20)29-13-3-12-23-29/h3-14H,1-2H3,(H,24,27)(H2,25,26,30). The van der Waals surface area contributed by atoms with E-state index in [1.807, 2.05) is 74.5 Å². The molecule has 0 saturated carbocycles. The lowest BCUT2D eigenvalue weighted by molar-refractivity contribution is 0.262. The fourth-order valence-corrected chi connectivity index (χ4v) is 2.86. The molecule has 0 spiro atoms. The first kappa shape index (κ1) is 19.1. The van der Waals surface area contributed by atoms with Gasteiger partial charge in [0.05, 0.1) is 0 Å². The van der Waals surface area contributed by atoms with E-state index in [0.29, 0.717) is 17.3 Å². The highest BCUT2D eigenvalue weighted by Gasteiger charge is 2.06. The van der Waals surface area contributed by atoms with Crippen molar-refractivity contribution in [3.05, 3.63) is 84.2 Å². The first-order chi connectivity index (χ1) is 14.6. The van der Waals surface area contributed by atoms with Gasteiger partial charge in [0.1, 0.15) is 0 Å². The van der Waals surface area contributed by atoms with Crippen LogP contribution in [0.4, 0.5) is 27.7 Å². The molecule has 0 bridgehead atoms. The van der Waals surface area contributed by atoms with Crippen LogP contribution < -0.4 is 16.0 Å². The highest BCUT2D eigenvalue weighted by Crippen LogP contribution is 2.19. The number of nitrogens with one attached hydrogen (secondary N) is 3. The molecular weight excluding hydrogens is 378 g/mol. The molecule has 3 N–H and O–H groups in total. The smallest absolute Gasteiger partial charge is 0.323 e. The van der Waals surface area contributed by atoms with E-state index in [-0.39, 0.29) is 6.03 Å². The summed E-state index contributed by atoms with van der Waals surface area (Å²) in [7, 11) is 0. The molecule has 4 aromatic rings. The number of hydrogen-bond acceptors (Lipinski definition) is 5. The van der Waals surface area contributed by atoms with Gasteiger partial charge in [-0.1, -0.05) is 12.1 Å². The van der Waals surface area contributed by atoms with Crippen molar-refractivity contribution >= 4 is 28.9 Å². The zero-order chi connectivity index (χ0) is 20.9. The molecule has 0 saturated heterocycles. The van der Waals surface area contributed by atoms with Crippen molar-refractivity contribution in [2.24, 2.45) is 0 Å². The Balaban J connectivity index is 1.35. The Hall–Kier alpha value is -4.20. The van der Waals surface area contributed by atoms with E-state index in [1.54, 1.807) is 17.1 Å². The summed E-state index contributed by atoms with van der Waals surface area (Å²) in [5.41, 5.74) is 4.41. The number of benzene rings is 2. The third kappa shape index (κ3) is 4.61. The minimum atomic E-state index is -0.288. The van der Waals surface area contributed by atoms with E-state index >= 15 is 0 Å². The summed E-state index contributed by atoms with van der Waals surface area (Å²) in [4.78, 5) is 12.3. The summed E-state index contributed by atoms with van der Waals surface area (Å²) < 4.78 is 1.64. The lowest BCUT2D eigenvalue weighted by Crippen LogP contribution is -2.20. The summed E-state index contributed by atoms with van der Waals surface area (Å²) in [6, 6.07) is 18.5. The fourth-order valence-electron chi connectivity index (χ4n) is 2.86. The molecule has 8 nitrogen and oxygen atoms in total. The molecule has 2 aromatic heterocycles. The van der Waals surface area contributed by atoms with Gasteiger partial charge in [0.25, 0.3) is 0 Å². The molecule has 0 aliphatic heterocycles. The van der Waals surface area contributed by atoms with Crippen molar-refractivity contribution in [1.29, 1.82) is 0 Å². The fraction of sp³-hybridized carbons (Fsp3) is 0.0909. The van der Waals surface area contributed by atoms with Gasteiger partial charge in [0.15, 0.2) is 11.6 Å². The number of anilines is 4. The van der Waals surface area contributed by atoms with Gasteiger partial charge in [-0.2, -0.15) is 5.10 Å². The van der Waals surface area contributed by atoms with Crippen LogP contribution in [0.2, 0.25) is 0 Å². The lowest BCUT2D eigenvalue weighted by Gasteiger charge is -2.11. The second-order valence-electron chi connectivity index (χ2n) is 6.83. The Kier molecular flexibility index (Phi) is 5.38. The van der Waals surface area contributed by atoms with Gasteiger partial charge >= 0.3 is 6.03 Å². The predicted octanol–water partition coefficient (Wildman–Crippen LogP) is 4.67. The van der Waals surface area contributed by atoms with E-state index in [4.69, 9.17) is 0 Å². The first-order valence-electron chi connectivity index (χ1n) is 9.43. The van der Waals surface area contributed by atoms with Gasteiger partial charge in [0.2, 0.25) is 0 Å². The van der Waals surface area contributed by atoms with E-state index in [9.17, 15) is 4.79 Å². The van der Waals surface area contributed by atoms with Crippen molar-refractivity contribution in [3.63, 3.8) is 0 Å². The lowest BCUT2D eigenvalue weighted by atomic mass is 10.1. The Morgan fingerprint density at radius 1 is 0.900 bits per heavy atom. The second kappa shape index (κ2) is 8.44. The average Bonchev–Trinajstić information content (AvgIpc) is 3.28. The SMILES string of the molecule is Cc1ccc(C)c(NC(=O)Nc2ccc(Nc3ccc(-n4cccn4)nn3)cc2)c1. The summed E-state index contributed by atoms with van der Waals surface area (Å²) in [6.07, 6.45) is 3.49. The highest BCUT2D eigenvalue weighted by molar-refractivity contribution is 6.00. The van der Waals surface area contributed by atoms with Crippen LogP contribution >= 0.6 is 0 Å². The number of amides is 2. The molecule has 2 aromatic carbocycles. The van der Waals surface area contributed by atoms with Crippen LogP contribution in [0.3, 0.4) is 0 Å². The second-order valence-corrected chi connectivity index (χ2v) is 6.83. The molecule has 2 amide bonds. The maximum absolute atomic E-state index is 12.3. The van der Waals surface area contributed by atoms with Gasteiger partial charge < -0.3 is 16.0 Å². The Labute approximate surface area is 174 Å². The first-order valence-corrected chi connectivity index (χ1v) is 9.43. The molecule has 8 heteroatoms. The Bertz CT molecular complexity index is 1140. The van der Waals surface area contributed by atoms with Gasteiger partial charge in [-0.3, -0.25) is 0 Å². The molecule has 0 unspecified atom stereocenters. The number of hydrogen-bond donors (Lipinski definition) is 3. The summed E-state index contributed by atoms with van der Waals surface area (Å²) >= 11 is 0. The van der Waals surface area contributed by atoms with Crippen LogP contribution in [0.1, 0.15) is 11.1 Å². The average molecular weight is 399 g/mol. The van der Waals surface area contributed by atoms with E-state index in [2.05, 4.69) is 31.2 Å². The number of urea groups is 1.